The van der Waals surface area contributed by atoms with Crippen molar-refractivity contribution in [2.45, 2.75) is 16.2 Å². The molecule has 0 atom stereocenters. The van der Waals surface area contributed by atoms with Gasteiger partial charge in [0, 0.05) is 4.90 Å². The third kappa shape index (κ3) is 2.39. The number of benzene rings is 2. The van der Waals surface area contributed by atoms with Crippen LogP contribution in [0.5, 0.6) is 0 Å². The molecule has 3 aromatic rings. The average Bonchev–Trinajstić information content (AvgIpc) is 2.84. The Bertz CT molecular complexity index is 799. The van der Waals surface area contributed by atoms with Gasteiger partial charge in [0.25, 0.3) is 0 Å². The van der Waals surface area contributed by atoms with Crippen molar-refractivity contribution in [1.82, 2.24) is 9.36 Å². The summed E-state index contributed by atoms with van der Waals surface area (Å²) in [7, 11) is 0. The van der Waals surface area contributed by atoms with Crippen molar-refractivity contribution >= 4 is 40.0 Å². The van der Waals surface area contributed by atoms with Crippen molar-refractivity contribution in [1.29, 1.82) is 0 Å². The summed E-state index contributed by atoms with van der Waals surface area (Å²) in [6.45, 7) is 1.85. The summed E-state index contributed by atoms with van der Waals surface area (Å²) < 4.78 is 5.01. The molecule has 0 fully saturated rings. The molecule has 1 aromatic heterocycles. The fourth-order valence-electron chi connectivity index (χ4n) is 1.96. The SMILES string of the molecule is Cc1nsc(Sc2ccc(C(=O)O)c3ccccc23)n1. The number of carbonyl (C=O) groups is 1. The van der Waals surface area contributed by atoms with Gasteiger partial charge in [-0.2, -0.15) is 4.37 Å². The maximum Gasteiger partial charge on any atom is 0.336 e. The van der Waals surface area contributed by atoms with Gasteiger partial charge in [-0.05, 0) is 41.4 Å². The number of carboxylic acid groups (broad SMARTS) is 1. The standard InChI is InChI=1S/C14H10N2O2S2/c1-8-15-14(20-16-8)19-12-7-6-11(13(17)18)9-4-2-3-5-10(9)12/h2-7H,1H3,(H,17,18). The van der Waals surface area contributed by atoms with Crippen LogP contribution in [-0.4, -0.2) is 20.4 Å². The molecule has 6 heteroatoms. The van der Waals surface area contributed by atoms with E-state index >= 15 is 0 Å². The average molecular weight is 302 g/mol. The number of aryl methyl sites for hydroxylation is 1. The lowest BCUT2D eigenvalue weighted by molar-refractivity contribution is 0.0699. The second-order valence-electron chi connectivity index (χ2n) is 4.17. The van der Waals surface area contributed by atoms with E-state index in [0.29, 0.717) is 5.56 Å². The minimum Gasteiger partial charge on any atom is -0.478 e. The predicted molar refractivity (Wildman–Crippen MR) is 79.7 cm³/mol. The molecule has 2 aromatic carbocycles. The Morgan fingerprint density at radius 3 is 2.60 bits per heavy atom. The van der Waals surface area contributed by atoms with Crippen LogP contribution in [0.4, 0.5) is 0 Å². The summed E-state index contributed by atoms with van der Waals surface area (Å²) in [6.07, 6.45) is 0. The summed E-state index contributed by atoms with van der Waals surface area (Å²) in [5.74, 6) is -0.159. The second kappa shape index (κ2) is 5.22. The molecule has 0 radical (unpaired) electrons. The number of aromatic nitrogens is 2. The van der Waals surface area contributed by atoms with Crippen LogP contribution in [0.25, 0.3) is 10.8 Å². The van der Waals surface area contributed by atoms with Gasteiger partial charge < -0.3 is 5.11 Å². The van der Waals surface area contributed by atoms with Crippen LogP contribution in [-0.2, 0) is 0 Å². The summed E-state index contributed by atoms with van der Waals surface area (Å²) in [5, 5.41) is 10.9. The van der Waals surface area contributed by atoms with Crippen LogP contribution in [0.3, 0.4) is 0 Å². The van der Waals surface area contributed by atoms with Gasteiger partial charge in [0.1, 0.15) is 5.82 Å². The number of aromatic carboxylic acids is 1. The van der Waals surface area contributed by atoms with Crippen LogP contribution in [0.1, 0.15) is 16.2 Å². The summed E-state index contributed by atoms with van der Waals surface area (Å²) in [4.78, 5) is 16.6. The summed E-state index contributed by atoms with van der Waals surface area (Å²) >= 11 is 2.86. The van der Waals surface area contributed by atoms with E-state index in [1.165, 1.54) is 23.3 Å². The molecule has 0 aliphatic carbocycles. The molecule has 100 valence electrons. The highest BCUT2D eigenvalue weighted by atomic mass is 32.2. The lowest BCUT2D eigenvalue weighted by atomic mass is 10.0. The number of hydrogen-bond acceptors (Lipinski definition) is 5. The Balaban J connectivity index is 2.12. The van der Waals surface area contributed by atoms with Gasteiger partial charge in [0.15, 0.2) is 4.34 Å². The minimum absolute atomic E-state index is 0.318. The van der Waals surface area contributed by atoms with E-state index < -0.39 is 5.97 Å². The van der Waals surface area contributed by atoms with Crippen LogP contribution < -0.4 is 0 Å². The first kappa shape index (κ1) is 13.1. The normalized spacial score (nSPS) is 10.8. The lowest BCUT2D eigenvalue weighted by Gasteiger charge is -2.07. The Hall–Kier alpha value is -1.92. The molecule has 0 bridgehead atoms. The van der Waals surface area contributed by atoms with Crippen molar-refractivity contribution < 1.29 is 9.90 Å². The summed E-state index contributed by atoms with van der Waals surface area (Å²) in [6, 6.07) is 11.0. The molecular weight excluding hydrogens is 292 g/mol. The third-order valence-electron chi connectivity index (χ3n) is 2.82. The molecule has 0 saturated carbocycles. The maximum atomic E-state index is 11.3. The number of carboxylic acids is 1. The Morgan fingerprint density at radius 2 is 1.95 bits per heavy atom. The molecule has 0 spiro atoms. The fourth-order valence-corrected chi connectivity index (χ4v) is 3.70. The van der Waals surface area contributed by atoms with Gasteiger partial charge in [-0.3, -0.25) is 0 Å². The number of rotatable bonds is 3. The van der Waals surface area contributed by atoms with E-state index in [4.69, 9.17) is 0 Å². The maximum absolute atomic E-state index is 11.3. The van der Waals surface area contributed by atoms with E-state index in [1.807, 2.05) is 37.3 Å². The van der Waals surface area contributed by atoms with E-state index in [1.54, 1.807) is 6.07 Å². The van der Waals surface area contributed by atoms with Crippen LogP contribution in [0.15, 0.2) is 45.6 Å². The highest BCUT2D eigenvalue weighted by molar-refractivity contribution is 8.01. The topological polar surface area (TPSA) is 63.1 Å². The van der Waals surface area contributed by atoms with Gasteiger partial charge in [-0.25, -0.2) is 9.78 Å². The largest absolute Gasteiger partial charge is 0.478 e. The Morgan fingerprint density at radius 1 is 1.20 bits per heavy atom. The second-order valence-corrected chi connectivity index (χ2v) is 6.21. The highest BCUT2D eigenvalue weighted by Gasteiger charge is 2.12. The molecule has 0 amide bonds. The van der Waals surface area contributed by atoms with E-state index in [0.717, 1.165) is 25.8 Å². The van der Waals surface area contributed by atoms with Crippen molar-refractivity contribution in [2.75, 3.05) is 0 Å². The zero-order valence-corrected chi connectivity index (χ0v) is 12.2. The first-order valence-electron chi connectivity index (χ1n) is 5.88. The number of nitrogens with zero attached hydrogens (tertiary/aromatic N) is 2. The third-order valence-corrected chi connectivity index (χ3v) is 4.74. The smallest absolute Gasteiger partial charge is 0.336 e. The van der Waals surface area contributed by atoms with Crippen molar-refractivity contribution in [2.24, 2.45) is 0 Å². The number of hydrogen-bond donors (Lipinski definition) is 1. The molecule has 0 saturated heterocycles. The van der Waals surface area contributed by atoms with Crippen LogP contribution in [0, 0.1) is 6.92 Å². The lowest BCUT2D eigenvalue weighted by Crippen LogP contribution is -1.97. The van der Waals surface area contributed by atoms with Gasteiger partial charge >= 0.3 is 5.97 Å². The molecule has 0 aliphatic heterocycles. The van der Waals surface area contributed by atoms with Crippen LogP contribution in [0.2, 0.25) is 0 Å². The van der Waals surface area contributed by atoms with Crippen molar-refractivity contribution in [3.05, 3.63) is 47.8 Å². The van der Waals surface area contributed by atoms with E-state index in [-0.39, 0.29) is 0 Å². The molecule has 0 aliphatic rings. The van der Waals surface area contributed by atoms with Crippen molar-refractivity contribution in [3.8, 4) is 0 Å². The summed E-state index contributed by atoms with van der Waals surface area (Å²) in [5.41, 5.74) is 0.318. The molecule has 20 heavy (non-hydrogen) atoms. The highest BCUT2D eigenvalue weighted by Crippen LogP contribution is 2.35. The van der Waals surface area contributed by atoms with Gasteiger partial charge in [0.05, 0.1) is 5.56 Å². The van der Waals surface area contributed by atoms with E-state index in [9.17, 15) is 9.90 Å². The molecule has 0 unspecified atom stereocenters. The van der Waals surface area contributed by atoms with Crippen molar-refractivity contribution in [3.63, 3.8) is 0 Å². The Labute approximate surface area is 123 Å². The minimum atomic E-state index is -0.912. The quantitative estimate of drug-likeness (QED) is 0.796. The zero-order valence-electron chi connectivity index (χ0n) is 10.5. The predicted octanol–water partition coefficient (Wildman–Crippen LogP) is 3.85. The molecule has 1 heterocycles. The molecule has 4 nitrogen and oxygen atoms in total. The van der Waals surface area contributed by atoms with Gasteiger partial charge in [-0.15, -0.1) is 0 Å². The van der Waals surface area contributed by atoms with Crippen LogP contribution >= 0.6 is 23.3 Å². The first-order chi connectivity index (χ1) is 9.65. The van der Waals surface area contributed by atoms with Gasteiger partial charge in [0.2, 0.25) is 0 Å². The van der Waals surface area contributed by atoms with Gasteiger partial charge in [-0.1, -0.05) is 36.0 Å². The number of fused-ring (bicyclic) bond motifs is 1. The van der Waals surface area contributed by atoms with E-state index in [2.05, 4.69) is 9.36 Å². The molecular formula is C14H10N2O2S2. The molecule has 3 rings (SSSR count). The fraction of sp³-hybridized carbons (Fsp3) is 0.0714. The first-order valence-corrected chi connectivity index (χ1v) is 7.47. The molecule has 1 N–H and O–H groups in total. The zero-order chi connectivity index (χ0) is 14.1. The monoisotopic (exact) mass is 302 g/mol. The Kier molecular flexibility index (Phi) is 3.42.